The molecule has 0 saturated carbocycles. The summed E-state index contributed by atoms with van der Waals surface area (Å²) in [7, 11) is 0. The average Bonchev–Trinajstić information content (AvgIpc) is 1.67. The van der Waals surface area contributed by atoms with Gasteiger partial charge in [-0.25, -0.2) is 0 Å². The van der Waals surface area contributed by atoms with Gasteiger partial charge in [0.2, 0.25) is 0 Å². The van der Waals surface area contributed by atoms with Crippen LogP contribution in [0.4, 0.5) is 0 Å². The topological polar surface area (TPSA) is 36.9 Å². The third-order valence-corrected chi connectivity index (χ3v) is 21.2. The van der Waals surface area contributed by atoms with Gasteiger partial charge < -0.3 is 18.9 Å². The molecule has 2 unspecified atom stereocenters. The van der Waals surface area contributed by atoms with Crippen molar-refractivity contribution in [2.75, 3.05) is 0 Å². The molecule has 2 atom stereocenters. The molecule has 18 aromatic rings. The van der Waals surface area contributed by atoms with Crippen LogP contribution in [0.1, 0.15) is 47.2 Å². The molecule has 19 rings (SSSR count). The van der Waals surface area contributed by atoms with E-state index in [-0.39, 0.29) is 13.2 Å². The molecule has 18 aromatic carbocycles. The van der Waals surface area contributed by atoms with Gasteiger partial charge in [-0.3, -0.25) is 0 Å². The van der Waals surface area contributed by atoms with E-state index in [0.29, 0.717) is 0 Å². The molecule has 0 bridgehead atoms. The minimum absolute atomic E-state index is 0.176. The summed E-state index contributed by atoms with van der Waals surface area (Å²) < 4.78 is 34.5. The maximum absolute atomic E-state index is 8.86. The van der Waals surface area contributed by atoms with E-state index < -0.39 is 29.2 Å². The Balaban J connectivity index is 1.01. The Morgan fingerprint density at radius 3 is 0.670 bits per heavy atom. The van der Waals surface area contributed by atoms with Crippen molar-refractivity contribution >= 4 is 129 Å². The highest BCUT2D eigenvalue weighted by Crippen LogP contribution is 2.59. The molecule has 0 radical (unpaired) electrons. The van der Waals surface area contributed by atoms with Crippen molar-refractivity contribution in [1.82, 2.24) is 0 Å². The Hall–Kier alpha value is -11.1. The standard InChI is InChI=1S/C93H66O4/c1-91(2)96-89(92(85-53-61-29-5-11-35-69(61)77-43-19-23-47-81(77)85,86-54-62-30-6-12-36-70(62)78-44-20-24-48-82(78)86)94-57-65-51-59-27-3-9-33-67(59)75-41-17-15-39-73(65)75)90(97-91)93(87-55-63-31-7-13-37-71(63)79-45-21-25-49-83(79)87,88-56-64-32-8-14-38-72(64)80-46-22-26-50-84(80)88)95-58-66-52-60-28-4-10-34-68(60)76-42-18-16-40-74(66)76/h3-56,89-90H,57-58H2,1-2H3. The summed E-state index contributed by atoms with van der Waals surface area (Å²) in [6.45, 7) is 4.54. The molecule has 0 N–H and O–H groups in total. The van der Waals surface area contributed by atoms with E-state index in [9.17, 15) is 0 Å². The third-order valence-electron chi connectivity index (χ3n) is 21.2. The molecular formula is C93H66O4. The van der Waals surface area contributed by atoms with Crippen LogP contribution in [0.5, 0.6) is 0 Å². The summed E-state index contributed by atoms with van der Waals surface area (Å²) >= 11 is 0. The van der Waals surface area contributed by atoms with Gasteiger partial charge >= 0.3 is 0 Å². The predicted molar refractivity (Wildman–Crippen MR) is 404 cm³/mol. The summed E-state index contributed by atoms with van der Waals surface area (Å²) in [6.07, 6.45) is -2.07. The zero-order valence-electron chi connectivity index (χ0n) is 53.9. The van der Waals surface area contributed by atoms with Crippen LogP contribution in [0.15, 0.2) is 328 Å². The molecule has 4 heteroatoms. The van der Waals surface area contributed by atoms with Crippen molar-refractivity contribution < 1.29 is 18.9 Å². The van der Waals surface area contributed by atoms with Gasteiger partial charge in [0.15, 0.2) is 5.79 Å². The summed E-state index contributed by atoms with van der Waals surface area (Å²) in [5.41, 5.74) is 2.74. The molecule has 462 valence electrons. The predicted octanol–water partition coefficient (Wildman–Crippen LogP) is 23.7. The fraction of sp³-hybridized carbons (Fsp3) is 0.0968. The monoisotopic (exact) mass is 1250 g/mol. The minimum Gasteiger partial charge on any atom is -0.358 e. The normalized spacial score (nSPS) is 15.3. The molecule has 1 saturated heterocycles. The van der Waals surface area contributed by atoms with Crippen LogP contribution < -0.4 is 0 Å². The van der Waals surface area contributed by atoms with Crippen LogP contribution in [0.25, 0.3) is 129 Å². The lowest BCUT2D eigenvalue weighted by atomic mass is 9.68. The van der Waals surface area contributed by atoms with Gasteiger partial charge in [-0.2, -0.15) is 0 Å². The average molecular weight is 1250 g/mol. The fourth-order valence-electron chi connectivity index (χ4n) is 17.1. The molecule has 0 spiro atoms. The largest absolute Gasteiger partial charge is 0.358 e. The van der Waals surface area contributed by atoms with E-state index in [2.05, 4.69) is 341 Å². The Morgan fingerprint density at radius 1 is 0.237 bits per heavy atom. The Labute approximate surface area is 562 Å². The molecule has 1 aliphatic heterocycles. The molecule has 0 aromatic heterocycles. The van der Waals surface area contributed by atoms with Crippen molar-refractivity contribution in [2.24, 2.45) is 0 Å². The van der Waals surface area contributed by atoms with E-state index in [4.69, 9.17) is 18.9 Å². The molecule has 97 heavy (non-hydrogen) atoms. The summed E-state index contributed by atoms with van der Waals surface area (Å²) in [5, 5.41) is 26.7. The quantitative estimate of drug-likeness (QED) is 0.114. The van der Waals surface area contributed by atoms with Gasteiger partial charge in [0, 0.05) is 0 Å². The highest BCUT2D eigenvalue weighted by atomic mass is 16.8. The van der Waals surface area contributed by atoms with Gasteiger partial charge in [0.25, 0.3) is 0 Å². The maximum Gasteiger partial charge on any atom is 0.164 e. The SMILES string of the molecule is CC1(C)OC(C(OCc2cc3ccccc3c3ccccc23)(c2cc3ccccc3c3ccccc23)c2cc3ccccc3c3ccccc23)C(C(OCc2cc3ccccc3c3ccccc23)(c2cc3ccccc3c3ccccc23)c2cc3ccccc3c3ccccc23)O1. The lowest BCUT2D eigenvalue weighted by Gasteiger charge is -2.48. The number of hydrogen-bond acceptors (Lipinski definition) is 4. The van der Waals surface area contributed by atoms with Crippen molar-refractivity contribution in [3.8, 4) is 0 Å². The number of ether oxygens (including phenoxy) is 4. The van der Waals surface area contributed by atoms with Crippen LogP contribution in [-0.2, 0) is 43.4 Å². The number of rotatable bonds is 12. The minimum atomic E-state index is -1.58. The number of hydrogen-bond donors (Lipinski definition) is 0. The number of fused-ring (bicyclic) bond motifs is 18. The lowest BCUT2D eigenvalue weighted by Crippen LogP contribution is -2.57. The lowest BCUT2D eigenvalue weighted by molar-refractivity contribution is -0.182. The van der Waals surface area contributed by atoms with E-state index in [1.165, 1.54) is 10.8 Å². The first kappa shape index (κ1) is 57.4. The zero-order valence-corrected chi connectivity index (χ0v) is 53.9. The Bertz CT molecular complexity index is 5630. The smallest absolute Gasteiger partial charge is 0.164 e. The third kappa shape index (κ3) is 8.99. The first-order valence-electron chi connectivity index (χ1n) is 33.9. The van der Waals surface area contributed by atoms with Gasteiger partial charge in [-0.15, -0.1) is 0 Å². The van der Waals surface area contributed by atoms with E-state index in [1.54, 1.807) is 0 Å². The first-order chi connectivity index (χ1) is 47.8. The van der Waals surface area contributed by atoms with Crippen LogP contribution in [0.2, 0.25) is 0 Å². The summed E-state index contributed by atoms with van der Waals surface area (Å²) in [6, 6.07) is 120. The highest BCUT2D eigenvalue weighted by molar-refractivity contribution is 6.15. The van der Waals surface area contributed by atoms with Crippen LogP contribution in [-0.4, -0.2) is 18.0 Å². The fourth-order valence-corrected chi connectivity index (χ4v) is 17.1. The van der Waals surface area contributed by atoms with Gasteiger partial charge in [-0.05, 0) is 213 Å². The van der Waals surface area contributed by atoms with Crippen molar-refractivity contribution in [2.45, 2.75) is 56.3 Å². The molecule has 1 fully saturated rings. The molecule has 0 amide bonds. The second-order valence-electron chi connectivity index (χ2n) is 26.9. The maximum atomic E-state index is 8.86. The molecule has 1 heterocycles. The van der Waals surface area contributed by atoms with Crippen molar-refractivity contribution in [3.05, 3.63) is 361 Å². The van der Waals surface area contributed by atoms with Crippen LogP contribution in [0, 0.1) is 0 Å². The second-order valence-corrected chi connectivity index (χ2v) is 26.9. The van der Waals surface area contributed by atoms with Gasteiger partial charge in [0.05, 0.1) is 13.2 Å². The molecular weight excluding hydrogens is 1180 g/mol. The summed E-state index contributed by atoms with van der Waals surface area (Å²) in [5.74, 6) is -1.29. The van der Waals surface area contributed by atoms with Crippen molar-refractivity contribution in [3.63, 3.8) is 0 Å². The summed E-state index contributed by atoms with van der Waals surface area (Å²) in [4.78, 5) is 0. The van der Waals surface area contributed by atoms with Crippen molar-refractivity contribution in [1.29, 1.82) is 0 Å². The zero-order chi connectivity index (χ0) is 64.4. The van der Waals surface area contributed by atoms with E-state index in [1.807, 2.05) is 0 Å². The molecule has 0 aliphatic carbocycles. The van der Waals surface area contributed by atoms with Crippen LogP contribution in [0.3, 0.4) is 0 Å². The van der Waals surface area contributed by atoms with E-state index >= 15 is 0 Å². The highest BCUT2D eigenvalue weighted by Gasteiger charge is 2.65. The second kappa shape index (κ2) is 22.5. The van der Waals surface area contributed by atoms with Crippen LogP contribution >= 0.6 is 0 Å². The molecule has 1 aliphatic rings. The first-order valence-corrected chi connectivity index (χ1v) is 33.9. The van der Waals surface area contributed by atoms with E-state index in [0.717, 1.165) is 152 Å². The van der Waals surface area contributed by atoms with Gasteiger partial charge in [0.1, 0.15) is 23.4 Å². The van der Waals surface area contributed by atoms with Gasteiger partial charge in [-0.1, -0.05) is 291 Å². The number of benzene rings is 18. The Morgan fingerprint density at radius 2 is 0.423 bits per heavy atom. The Kier molecular flexibility index (Phi) is 13.3. The molecule has 4 nitrogen and oxygen atoms in total.